The fraction of sp³-hybridized carbons (Fsp3) is 0.286. The molecule has 0 unspecified atom stereocenters. The summed E-state index contributed by atoms with van der Waals surface area (Å²) in [5, 5.41) is 3.98. The first-order chi connectivity index (χ1) is 13.0. The molecule has 1 amide bonds. The second-order valence-corrected chi connectivity index (χ2v) is 6.07. The van der Waals surface area contributed by atoms with Crippen molar-refractivity contribution in [2.75, 3.05) is 13.2 Å². The summed E-state index contributed by atoms with van der Waals surface area (Å²) in [6.45, 7) is 5.91. The molecule has 0 aromatic heterocycles. The van der Waals surface area contributed by atoms with Crippen LogP contribution in [0.4, 0.5) is 0 Å². The lowest BCUT2D eigenvalue weighted by Crippen LogP contribution is -2.20. The van der Waals surface area contributed by atoms with Gasteiger partial charge in [0.25, 0.3) is 0 Å². The van der Waals surface area contributed by atoms with Crippen molar-refractivity contribution in [3.8, 4) is 5.75 Å². The van der Waals surface area contributed by atoms with E-state index in [2.05, 4.69) is 10.5 Å². The van der Waals surface area contributed by atoms with Crippen molar-refractivity contribution >= 4 is 18.1 Å². The number of amides is 1. The first-order valence-electron chi connectivity index (χ1n) is 8.74. The molecule has 0 aliphatic carbocycles. The highest BCUT2D eigenvalue weighted by molar-refractivity contribution is 5.83. The normalized spacial score (nSPS) is 10.6. The molecule has 0 aliphatic rings. The van der Waals surface area contributed by atoms with Gasteiger partial charge < -0.3 is 9.47 Å². The molecule has 2 aromatic rings. The summed E-state index contributed by atoms with van der Waals surface area (Å²) < 4.78 is 10.2. The van der Waals surface area contributed by atoms with Gasteiger partial charge in [-0.3, -0.25) is 4.79 Å². The topological polar surface area (TPSA) is 77.0 Å². The molecule has 0 saturated heterocycles. The van der Waals surface area contributed by atoms with Crippen LogP contribution in [-0.2, 0) is 20.7 Å². The molecule has 1 N–H and O–H groups in total. The lowest BCUT2D eigenvalue weighted by Gasteiger charge is -2.06. The second kappa shape index (κ2) is 10.1. The van der Waals surface area contributed by atoms with Gasteiger partial charge in [0.2, 0.25) is 5.91 Å². The van der Waals surface area contributed by atoms with Gasteiger partial charge in [-0.15, -0.1) is 0 Å². The van der Waals surface area contributed by atoms with Crippen molar-refractivity contribution in [2.45, 2.75) is 27.2 Å². The minimum atomic E-state index is -0.421. The average Bonchev–Trinajstić information content (AvgIpc) is 2.63. The molecular weight excluding hydrogens is 344 g/mol. The van der Waals surface area contributed by atoms with Crippen LogP contribution in [0.1, 0.15) is 29.2 Å². The van der Waals surface area contributed by atoms with Crippen LogP contribution in [-0.4, -0.2) is 31.3 Å². The largest absolute Gasteiger partial charge is 0.482 e. The summed E-state index contributed by atoms with van der Waals surface area (Å²) in [6.07, 6.45) is 1.79. The molecule has 0 heterocycles. The summed E-state index contributed by atoms with van der Waals surface area (Å²) in [5.74, 6) is -0.0863. The van der Waals surface area contributed by atoms with Gasteiger partial charge >= 0.3 is 5.97 Å². The van der Waals surface area contributed by atoms with Gasteiger partial charge in [-0.2, -0.15) is 5.10 Å². The first kappa shape index (κ1) is 20.2. The Balaban J connectivity index is 1.87. The Labute approximate surface area is 159 Å². The first-order valence-corrected chi connectivity index (χ1v) is 8.74. The number of carbonyl (C=O) groups is 2. The summed E-state index contributed by atoms with van der Waals surface area (Å²) in [4.78, 5) is 23.4. The third kappa shape index (κ3) is 6.93. The number of aryl methyl sites for hydroxylation is 2. The van der Waals surface area contributed by atoms with Gasteiger partial charge in [0.15, 0.2) is 6.61 Å². The van der Waals surface area contributed by atoms with Crippen LogP contribution in [0.15, 0.2) is 47.6 Å². The van der Waals surface area contributed by atoms with E-state index in [1.54, 1.807) is 25.1 Å². The van der Waals surface area contributed by atoms with Crippen molar-refractivity contribution in [3.05, 3.63) is 64.7 Å². The molecule has 142 valence electrons. The van der Waals surface area contributed by atoms with Crippen molar-refractivity contribution in [1.82, 2.24) is 5.43 Å². The van der Waals surface area contributed by atoms with Gasteiger partial charge in [-0.05, 0) is 49.6 Å². The van der Waals surface area contributed by atoms with Crippen LogP contribution in [0.2, 0.25) is 0 Å². The van der Waals surface area contributed by atoms with Crippen LogP contribution in [0.5, 0.6) is 5.75 Å². The standard InChI is InChI=1S/C21H24N2O4/c1-4-26-21(25)14-27-19-7-5-6-17(11-19)13-22-23-20(24)12-18-9-8-15(2)10-16(18)3/h5-11,13H,4,12,14H2,1-3H3,(H,23,24)/b22-13+. The number of esters is 1. The SMILES string of the molecule is CCOC(=O)COc1cccc(/C=N/NC(=O)Cc2ccc(C)cc2C)c1. The van der Waals surface area contributed by atoms with Crippen molar-refractivity contribution < 1.29 is 19.1 Å². The maximum atomic E-state index is 12.0. The predicted octanol–water partition coefficient (Wildman–Crippen LogP) is 2.94. The van der Waals surface area contributed by atoms with Crippen LogP contribution in [0.25, 0.3) is 0 Å². The minimum absolute atomic E-state index is 0.152. The Morgan fingerprint density at radius 1 is 1.15 bits per heavy atom. The average molecular weight is 368 g/mol. The number of hydrogen-bond acceptors (Lipinski definition) is 5. The number of carbonyl (C=O) groups excluding carboxylic acids is 2. The molecule has 0 atom stereocenters. The number of nitrogens with zero attached hydrogens (tertiary/aromatic N) is 1. The van der Waals surface area contributed by atoms with E-state index < -0.39 is 5.97 Å². The molecule has 6 heteroatoms. The lowest BCUT2D eigenvalue weighted by atomic mass is 10.0. The molecule has 0 radical (unpaired) electrons. The molecule has 0 fully saturated rings. The minimum Gasteiger partial charge on any atom is -0.482 e. The van der Waals surface area contributed by atoms with Crippen molar-refractivity contribution in [3.63, 3.8) is 0 Å². The number of hydrazone groups is 1. The van der Waals surface area contributed by atoms with Gasteiger partial charge in [0.1, 0.15) is 5.75 Å². The zero-order valence-electron chi connectivity index (χ0n) is 15.8. The van der Waals surface area contributed by atoms with Gasteiger partial charge in [-0.25, -0.2) is 10.2 Å². The summed E-state index contributed by atoms with van der Waals surface area (Å²) in [7, 11) is 0. The zero-order chi connectivity index (χ0) is 19.6. The van der Waals surface area contributed by atoms with E-state index in [0.717, 1.165) is 16.7 Å². The highest BCUT2D eigenvalue weighted by atomic mass is 16.6. The fourth-order valence-electron chi connectivity index (χ4n) is 2.47. The molecule has 6 nitrogen and oxygen atoms in total. The number of hydrogen-bond donors (Lipinski definition) is 1. The van der Waals surface area contributed by atoms with E-state index in [1.165, 1.54) is 11.8 Å². The van der Waals surface area contributed by atoms with E-state index in [4.69, 9.17) is 9.47 Å². The van der Waals surface area contributed by atoms with E-state index in [9.17, 15) is 9.59 Å². The van der Waals surface area contributed by atoms with Gasteiger partial charge in [0, 0.05) is 0 Å². The molecule has 0 bridgehead atoms. The van der Waals surface area contributed by atoms with E-state index in [-0.39, 0.29) is 18.9 Å². The quantitative estimate of drug-likeness (QED) is 0.441. The van der Waals surface area contributed by atoms with Crippen LogP contribution < -0.4 is 10.2 Å². The van der Waals surface area contributed by atoms with Gasteiger partial charge in [-0.1, -0.05) is 35.9 Å². The van der Waals surface area contributed by atoms with Crippen LogP contribution >= 0.6 is 0 Å². The molecule has 0 saturated carbocycles. The maximum Gasteiger partial charge on any atom is 0.344 e. The zero-order valence-corrected chi connectivity index (χ0v) is 15.8. The van der Waals surface area contributed by atoms with E-state index in [0.29, 0.717) is 12.4 Å². The smallest absolute Gasteiger partial charge is 0.344 e. The Morgan fingerprint density at radius 2 is 1.96 bits per heavy atom. The highest BCUT2D eigenvalue weighted by Gasteiger charge is 2.06. The molecule has 27 heavy (non-hydrogen) atoms. The number of nitrogens with one attached hydrogen (secondary N) is 1. The monoisotopic (exact) mass is 368 g/mol. The Hall–Kier alpha value is -3.15. The summed E-state index contributed by atoms with van der Waals surface area (Å²) >= 11 is 0. The number of benzene rings is 2. The van der Waals surface area contributed by atoms with Crippen molar-refractivity contribution in [1.29, 1.82) is 0 Å². The Morgan fingerprint density at radius 3 is 2.70 bits per heavy atom. The Kier molecular flexibility index (Phi) is 7.55. The Bertz CT molecular complexity index is 831. The number of ether oxygens (including phenoxy) is 2. The third-order valence-electron chi connectivity index (χ3n) is 3.77. The van der Waals surface area contributed by atoms with E-state index >= 15 is 0 Å². The fourth-order valence-corrected chi connectivity index (χ4v) is 2.47. The summed E-state index contributed by atoms with van der Waals surface area (Å²) in [5.41, 5.74) is 6.49. The second-order valence-electron chi connectivity index (χ2n) is 6.07. The predicted molar refractivity (Wildman–Crippen MR) is 104 cm³/mol. The molecular formula is C21H24N2O4. The van der Waals surface area contributed by atoms with Crippen molar-refractivity contribution in [2.24, 2.45) is 5.10 Å². The highest BCUT2D eigenvalue weighted by Crippen LogP contribution is 2.12. The third-order valence-corrected chi connectivity index (χ3v) is 3.77. The van der Waals surface area contributed by atoms with Gasteiger partial charge in [0.05, 0.1) is 19.2 Å². The van der Waals surface area contributed by atoms with E-state index in [1.807, 2.05) is 38.1 Å². The molecule has 0 spiro atoms. The van der Waals surface area contributed by atoms with Crippen LogP contribution in [0.3, 0.4) is 0 Å². The van der Waals surface area contributed by atoms with Crippen LogP contribution in [0, 0.1) is 13.8 Å². The summed E-state index contributed by atoms with van der Waals surface area (Å²) in [6, 6.07) is 13.0. The molecule has 2 rings (SSSR count). The maximum absolute atomic E-state index is 12.0. The lowest BCUT2D eigenvalue weighted by molar-refractivity contribution is -0.145. The molecule has 2 aromatic carbocycles. The molecule has 0 aliphatic heterocycles. The number of rotatable bonds is 8.